The first-order valence-corrected chi connectivity index (χ1v) is 5.15. The van der Waals surface area contributed by atoms with Crippen LogP contribution in [0.15, 0.2) is 11.3 Å². The molecule has 0 aromatic heterocycles. The Bertz CT molecular complexity index is 346. The van der Waals surface area contributed by atoms with Gasteiger partial charge < -0.3 is 15.5 Å². The monoisotopic (exact) mass is 250 g/mol. The molecule has 0 aromatic rings. The van der Waals surface area contributed by atoms with Gasteiger partial charge in [0.2, 0.25) is 0 Å². The summed E-state index contributed by atoms with van der Waals surface area (Å²) in [5.74, 6) is -1.14. The van der Waals surface area contributed by atoms with Gasteiger partial charge >= 0.3 is 12.1 Å². The van der Waals surface area contributed by atoms with E-state index in [1.54, 1.807) is 0 Å². The van der Waals surface area contributed by atoms with Crippen molar-refractivity contribution >= 4 is 12.2 Å². The van der Waals surface area contributed by atoms with Gasteiger partial charge in [-0.3, -0.25) is 0 Å². The van der Waals surface area contributed by atoms with Crippen LogP contribution in [-0.2, 0) is 9.53 Å². The number of halogens is 3. The zero-order valence-corrected chi connectivity index (χ0v) is 9.23. The van der Waals surface area contributed by atoms with Gasteiger partial charge in [0.25, 0.3) is 0 Å². The van der Waals surface area contributed by atoms with Gasteiger partial charge in [-0.2, -0.15) is 13.2 Å². The largest absolute Gasteiger partial charge is 0.462 e. The summed E-state index contributed by atoms with van der Waals surface area (Å²) in [7, 11) is 0. The van der Waals surface area contributed by atoms with Crippen LogP contribution in [0.25, 0.3) is 0 Å². The average molecular weight is 250 g/mol. The van der Waals surface area contributed by atoms with Crippen LogP contribution in [0.1, 0.15) is 19.8 Å². The lowest BCUT2D eigenvalue weighted by Gasteiger charge is -2.16. The van der Waals surface area contributed by atoms with Crippen LogP contribution in [0.5, 0.6) is 0 Å². The molecule has 1 aliphatic rings. The number of hydrogen-bond donors (Lipinski definition) is 2. The van der Waals surface area contributed by atoms with Crippen molar-refractivity contribution in [3.63, 3.8) is 0 Å². The fraction of sp³-hybridized carbons (Fsp3) is 0.600. The van der Waals surface area contributed by atoms with Crippen molar-refractivity contribution in [2.24, 2.45) is 0 Å². The number of rotatable bonds is 5. The van der Waals surface area contributed by atoms with Crippen LogP contribution >= 0.6 is 0 Å². The maximum Gasteiger partial charge on any atom is 0.431 e. The summed E-state index contributed by atoms with van der Waals surface area (Å²) in [6, 6.07) is -0.268. The van der Waals surface area contributed by atoms with Crippen molar-refractivity contribution < 1.29 is 22.7 Å². The number of ether oxygens (including phenoxy) is 1. The summed E-state index contributed by atoms with van der Waals surface area (Å²) in [5.41, 5.74) is -1.97. The minimum absolute atomic E-state index is 0.0370. The first-order chi connectivity index (χ1) is 7.90. The molecule has 4 nitrogen and oxygen atoms in total. The number of carbonyl (C=O) groups excluding carboxylic acids is 1. The van der Waals surface area contributed by atoms with Crippen LogP contribution in [0.2, 0.25) is 0 Å². The standard InChI is InChI=1S/C10H13F3N2O2/c1-2-17-9(16)7(5-14)8(10(11,12)13)15-6-3-4-6/h5-6,14-15H,2-4H2,1H3/b8-7+,14-5?. The molecular formula is C10H13F3N2O2. The van der Waals surface area contributed by atoms with Crippen LogP contribution in [0, 0.1) is 5.41 Å². The van der Waals surface area contributed by atoms with Gasteiger partial charge in [0.05, 0.1) is 6.61 Å². The van der Waals surface area contributed by atoms with Crippen LogP contribution in [-0.4, -0.2) is 31.0 Å². The van der Waals surface area contributed by atoms with E-state index >= 15 is 0 Å². The van der Waals surface area contributed by atoms with E-state index < -0.39 is 23.4 Å². The fourth-order valence-corrected chi connectivity index (χ4v) is 1.19. The van der Waals surface area contributed by atoms with Crippen molar-refractivity contribution in [3.8, 4) is 0 Å². The van der Waals surface area contributed by atoms with Crippen LogP contribution in [0.3, 0.4) is 0 Å². The molecule has 0 saturated heterocycles. The third kappa shape index (κ3) is 3.76. The lowest BCUT2D eigenvalue weighted by Crippen LogP contribution is -2.32. The molecule has 2 N–H and O–H groups in total. The summed E-state index contributed by atoms with van der Waals surface area (Å²) in [6.07, 6.45) is -3.06. The molecule has 0 aromatic carbocycles. The van der Waals surface area contributed by atoms with Crippen molar-refractivity contribution in [1.82, 2.24) is 5.32 Å². The number of esters is 1. The Labute approximate surface area is 96.3 Å². The molecule has 0 heterocycles. The first-order valence-electron chi connectivity index (χ1n) is 5.15. The average Bonchev–Trinajstić information content (AvgIpc) is 3.00. The molecule has 1 rings (SSSR count). The maximum absolute atomic E-state index is 12.7. The van der Waals surface area contributed by atoms with Crippen molar-refractivity contribution in [2.75, 3.05) is 6.61 Å². The second-order valence-corrected chi connectivity index (χ2v) is 3.57. The molecule has 0 unspecified atom stereocenters. The van der Waals surface area contributed by atoms with E-state index in [0.29, 0.717) is 19.1 Å². The third-order valence-corrected chi connectivity index (χ3v) is 2.12. The highest BCUT2D eigenvalue weighted by Crippen LogP contribution is 2.30. The Morgan fingerprint density at radius 3 is 2.47 bits per heavy atom. The van der Waals surface area contributed by atoms with E-state index in [2.05, 4.69) is 10.1 Å². The van der Waals surface area contributed by atoms with E-state index in [-0.39, 0.29) is 12.6 Å². The summed E-state index contributed by atoms with van der Waals surface area (Å²) >= 11 is 0. The number of carbonyl (C=O) groups is 1. The molecule has 1 aliphatic carbocycles. The zero-order valence-electron chi connectivity index (χ0n) is 9.23. The Hall–Kier alpha value is -1.53. The quantitative estimate of drug-likeness (QED) is 0.444. The topological polar surface area (TPSA) is 62.2 Å². The number of nitrogens with one attached hydrogen (secondary N) is 2. The number of hydrogen-bond acceptors (Lipinski definition) is 4. The highest BCUT2D eigenvalue weighted by atomic mass is 19.4. The summed E-state index contributed by atoms with van der Waals surface area (Å²) in [4.78, 5) is 11.3. The summed E-state index contributed by atoms with van der Waals surface area (Å²) in [6.45, 7) is 1.45. The second-order valence-electron chi connectivity index (χ2n) is 3.57. The van der Waals surface area contributed by atoms with Gasteiger partial charge in [-0.1, -0.05) is 0 Å². The number of alkyl halides is 3. The molecule has 17 heavy (non-hydrogen) atoms. The maximum atomic E-state index is 12.7. The minimum atomic E-state index is -4.69. The third-order valence-electron chi connectivity index (χ3n) is 2.12. The SMILES string of the molecule is CCOC(=O)/C(C=N)=C(/NC1CC1)C(F)(F)F. The van der Waals surface area contributed by atoms with Crippen molar-refractivity contribution in [2.45, 2.75) is 32.0 Å². The number of allylic oxidation sites excluding steroid dienone is 1. The molecular weight excluding hydrogens is 237 g/mol. The Kier molecular flexibility index (Phi) is 4.14. The second kappa shape index (κ2) is 5.20. The van der Waals surface area contributed by atoms with E-state index in [9.17, 15) is 18.0 Å². The van der Waals surface area contributed by atoms with E-state index in [1.165, 1.54) is 6.92 Å². The van der Waals surface area contributed by atoms with Gasteiger partial charge in [0.15, 0.2) is 0 Å². The molecule has 1 fully saturated rings. The lowest BCUT2D eigenvalue weighted by atomic mass is 10.2. The van der Waals surface area contributed by atoms with E-state index in [1.807, 2.05) is 0 Å². The lowest BCUT2D eigenvalue weighted by molar-refractivity contribution is -0.139. The first kappa shape index (κ1) is 13.5. The molecule has 0 radical (unpaired) electrons. The molecule has 0 amide bonds. The molecule has 96 valence electrons. The smallest absolute Gasteiger partial charge is 0.431 e. The van der Waals surface area contributed by atoms with Crippen LogP contribution in [0.4, 0.5) is 13.2 Å². The van der Waals surface area contributed by atoms with Crippen molar-refractivity contribution in [3.05, 3.63) is 11.3 Å². The summed E-state index contributed by atoms with van der Waals surface area (Å²) in [5, 5.41) is 9.14. The van der Waals surface area contributed by atoms with Gasteiger partial charge in [0.1, 0.15) is 11.3 Å². The van der Waals surface area contributed by atoms with Gasteiger partial charge in [0, 0.05) is 12.3 Å². The molecule has 0 aliphatic heterocycles. The minimum Gasteiger partial charge on any atom is -0.462 e. The molecule has 0 spiro atoms. The predicted octanol–water partition coefficient (Wildman–Crippen LogP) is 1.77. The molecule has 0 atom stereocenters. The van der Waals surface area contributed by atoms with Crippen molar-refractivity contribution in [1.29, 1.82) is 5.41 Å². The van der Waals surface area contributed by atoms with Gasteiger partial charge in [-0.15, -0.1) is 0 Å². The Balaban J connectivity index is 3.02. The normalized spacial score (nSPS) is 17.2. The molecule has 0 bridgehead atoms. The Morgan fingerprint density at radius 2 is 2.12 bits per heavy atom. The van der Waals surface area contributed by atoms with E-state index in [0.717, 1.165) is 0 Å². The Morgan fingerprint density at radius 1 is 1.53 bits per heavy atom. The molecule has 1 saturated carbocycles. The van der Waals surface area contributed by atoms with Gasteiger partial charge in [-0.25, -0.2) is 4.79 Å². The van der Waals surface area contributed by atoms with Crippen LogP contribution < -0.4 is 5.32 Å². The zero-order chi connectivity index (χ0) is 13.1. The highest BCUT2D eigenvalue weighted by molar-refractivity contribution is 6.09. The molecule has 7 heteroatoms. The van der Waals surface area contributed by atoms with Gasteiger partial charge in [-0.05, 0) is 19.8 Å². The fourth-order valence-electron chi connectivity index (χ4n) is 1.19. The predicted molar refractivity (Wildman–Crippen MR) is 54.7 cm³/mol. The van der Waals surface area contributed by atoms with E-state index in [4.69, 9.17) is 5.41 Å². The highest BCUT2D eigenvalue weighted by Gasteiger charge is 2.41. The summed E-state index contributed by atoms with van der Waals surface area (Å²) < 4.78 is 42.6.